The van der Waals surface area contributed by atoms with Gasteiger partial charge in [0.25, 0.3) is 0 Å². The second-order valence-corrected chi connectivity index (χ2v) is 8.43. The zero-order valence-electron chi connectivity index (χ0n) is 15.3. The molecule has 27 heavy (non-hydrogen) atoms. The molecule has 2 saturated heterocycles. The van der Waals surface area contributed by atoms with Crippen molar-refractivity contribution in [3.05, 3.63) is 29.6 Å². The largest absolute Gasteiger partial charge is 0.481 e. The van der Waals surface area contributed by atoms with E-state index >= 15 is 0 Å². The molecule has 146 valence electrons. The van der Waals surface area contributed by atoms with E-state index in [0.29, 0.717) is 32.6 Å². The van der Waals surface area contributed by atoms with Crippen molar-refractivity contribution in [3.63, 3.8) is 0 Å². The van der Waals surface area contributed by atoms with Gasteiger partial charge in [0.1, 0.15) is 0 Å². The van der Waals surface area contributed by atoms with Crippen LogP contribution in [-0.2, 0) is 9.53 Å². The summed E-state index contributed by atoms with van der Waals surface area (Å²) >= 11 is 1.76. The van der Waals surface area contributed by atoms with Gasteiger partial charge in [0, 0.05) is 61.7 Å². The van der Waals surface area contributed by atoms with Gasteiger partial charge in [-0.2, -0.15) is 0 Å². The van der Waals surface area contributed by atoms with Crippen molar-refractivity contribution >= 4 is 33.1 Å². The fourth-order valence-corrected chi connectivity index (χ4v) is 5.08. The summed E-state index contributed by atoms with van der Waals surface area (Å²) in [5.41, 5.74) is 0.192. The van der Waals surface area contributed by atoms with E-state index in [1.807, 2.05) is 0 Å². The highest BCUT2D eigenvalue weighted by Gasteiger charge is 2.47. The molecule has 0 radical (unpaired) electrons. The first-order valence-electron chi connectivity index (χ1n) is 9.53. The van der Waals surface area contributed by atoms with E-state index in [0.717, 1.165) is 26.2 Å². The predicted molar refractivity (Wildman–Crippen MR) is 107 cm³/mol. The summed E-state index contributed by atoms with van der Waals surface area (Å²) in [6.45, 7) is 4.62. The number of hydrogen-bond donors (Lipinski definition) is 2. The van der Waals surface area contributed by atoms with Crippen LogP contribution in [0.15, 0.2) is 29.6 Å². The minimum atomic E-state index is -1.07. The van der Waals surface area contributed by atoms with Crippen LogP contribution < -0.4 is 4.90 Å². The Hall–Kier alpha value is -1.67. The molecule has 6 nitrogen and oxygen atoms in total. The Morgan fingerprint density at radius 3 is 2.63 bits per heavy atom. The first kappa shape index (κ1) is 18.7. The van der Waals surface area contributed by atoms with Gasteiger partial charge in [-0.1, -0.05) is 6.07 Å². The Morgan fingerprint density at radius 1 is 1.19 bits per heavy atom. The quantitative estimate of drug-likeness (QED) is 0.816. The smallest absolute Gasteiger partial charge is 0.312 e. The molecule has 1 unspecified atom stereocenters. The standard InChI is InChI=1S/C20H26N2O4S/c23-18(20(19(24)25)5-11-26-12-6-20)14-21-7-9-22(10-8-21)16-2-1-3-17-15(16)4-13-27-17/h1-4,13,18,23H,5-12,14H2,(H,24,25). The summed E-state index contributed by atoms with van der Waals surface area (Å²) < 4.78 is 6.61. The number of fused-ring (bicyclic) bond motifs is 1. The summed E-state index contributed by atoms with van der Waals surface area (Å²) in [4.78, 5) is 16.4. The highest BCUT2D eigenvalue weighted by atomic mass is 32.1. The van der Waals surface area contributed by atoms with Gasteiger partial charge in [-0.05, 0) is 36.4 Å². The van der Waals surface area contributed by atoms with Crippen molar-refractivity contribution in [2.45, 2.75) is 18.9 Å². The third-order valence-electron chi connectivity index (χ3n) is 6.07. The molecule has 3 heterocycles. The van der Waals surface area contributed by atoms with E-state index < -0.39 is 17.5 Å². The fraction of sp³-hybridized carbons (Fsp3) is 0.550. The molecule has 0 amide bonds. The van der Waals surface area contributed by atoms with E-state index in [4.69, 9.17) is 4.74 Å². The lowest BCUT2D eigenvalue weighted by molar-refractivity contribution is -0.167. The number of aliphatic hydroxyl groups is 1. The third kappa shape index (κ3) is 3.57. The summed E-state index contributed by atoms with van der Waals surface area (Å²) in [5.74, 6) is -0.902. The lowest BCUT2D eigenvalue weighted by Crippen LogP contribution is -2.54. The Morgan fingerprint density at radius 2 is 1.93 bits per heavy atom. The Kier molecular flexibility index (Phi) is 5.36. The van der Waals surface area contributed by atoms with Crippen LogP contribution in [-0.4, -0.2) is 73.1 Å². The second-order valence-electron chi connectivity index (χ2n) is 7.49. The molecule has 1 aromatic heterocycles. The first-order chi connectivity index (χ1) is 13.1. The molecular weight excluding hydrogens is 364 g/mol. The number of piperazine rings is 1. The summed E-state index contributed by atoms with van der Waals surface area (Å²) in [7, 11) is 0. The number of aliphatic hydroxyl groups excluding tert-OH is 1. The van der Waals surface area contributed by atoms with Crippen LogP contribution in [0.4, 0.5) is 5.69 Å². The van der Waals surface area contributed by atoms with Gasteiger partial charge in [-0.15, -0.1) is 11.3 Å². The molecule has 1 atom stereocenters. The van der Waals surface area contributed by atoms with E-state index in [2.05, 4.69) is 39.4 Å². The lowest BCUT2D eigenvalue weighted by atomic mass is 9.75. The Balaban J connectivity index is 1.39. The van der Waals surface area contributed by atoms with Crippen LogP contribution in [0, 0.1) is 5.41 Å². The molecule has 2 aromatic rings. The Bertz CT molecular complexity index is 794. The van der Waals surface area contributed by atoms with Gasteiger partial charge in [0.15, 0.2) is 0 Å². The number of benzene rings is 1. The molecule has 0 aliphatic carbocycles. The number of carbonyl (C=O) groups is 1. The van der Waals surface area contributed by atoms with E-state index in [-0.39, 0.29) is 0 Å². The number of β-amino-alcohol motifs (C(OH)–C–C–N with tert-alkyl or cyclic N) is 1. The summed E-state index contributed by atoms with van der Waals surface area (Å²) in [5, 5.41) is 23.9. The second kappa shape index (κ2) is 7.75. The zero-order chi connectivity index (χ0) is 18.9. The van der Waals surface area contributed by atoms with Gasteiger partial charge in [-0.3, -0.25) is 9.69 Å². The normalized spacial score (nSPS) is 22.0. The van der Waals surface area contributed by atoms with E-state index in [1.165, 1.54) is 15.8 Å². The average molecular weight is 391 g/mol. The molecule has 4 rings (SSSR count). The number of nitrogens with zero attached hydrogens (tertiary/aromatic N) is 2. The number of thiophene rings is 1. The Labute approximate surface area is 163 Å². The topological polar surface area (TPSA) is 73.2 Å². The fourth-order valence-electron chi connectivity index (χ4n) is 4.27. The molecule has 0 bridgehead atoms. The van der Waals surface area contributed by atoms with E-state index in [9.17, 15) is 15.0 Å². The van der Waals surface area contributed by atoms with Crippen molar-refractivity contribution < 1.29 is 19.7 Å². The van der Waals surface area contributed by atoms with Crippen LogP contribution in [0.3, 0.4) is 0 Å². The van der Waals surface area contributed by atoms with Crippen molar-refractivity contribution in [1.82, 2.24) is 4.90 Å². The van der Waals surface area contributed by atoms with Gasteiger partial charge in [0.2, 0.25) is 0 Å². The number of anilines is 1. The van der Waals surface area contributed by atoms with Gasteiger partial charge in [-0.25, -0.2) is 0 Å². The molecule has 2 aliphatic rings. The van der Waals surface area contributed by atoms with Crippen LogP contribution in [0.1, 0.15) is 12.8 Å². The van der Waals surface area contributed by atoms with E-state index in [1.54, 1.807) is 11.3 Å². The monoisotopic (exact) mass is 390 g/mol. The SMILES string of the molecule is O=C(O)C1(C(O)CN2CCN(c3cccc4sccc34)CC2)CCOCC1. The van der Waals surface area contributed by atoms with Gasteiger partial charge in [0.05, 0.1) is 11.5 Å². The molecule has 1 aromatic carbocycles. The maximum Gasteiger partial charge on any atom is 0.312 e. The third-order valence-corrected chi connectivity index (χ3v) is 6.95. The van der Waals surface area contributed by atoms with Gasteiger partial charge >= 0.3 is 5.97 Å². The number of carboxylic acid groups (broad SMARTS) is 1. The number of ether oxygens (including phenoxy) is 1. The number of carboxylic acids is 1. The van der Waals surface area contributed by atoms with Crippen molar-refractivity contribution in [2.75, 3.05) is 50.8 Å². The highest BCUT2D eigenvalue weighted by molar-refractivity contribution is 7.17. The molecule has 2 fully saturated rings. The predicted octanol–water partition coefficient (Wildman–Crippen LogP) is 2.27. The van der Waals surface area contributed by atoms with Crippen LogP contribution in [0.25, 0.3) is 10.1 Å². The molecule has 2 aliphatic heterocycles. The number of rotatable bonds is 5. The zero-order valence-corrected chi connectivity index (χ0v) is 16.2. The summed E-state index contributed by atoms with van der Waals surface area (Å²) in [6.07, 6.45) is -0.112. The van der Waals surface area contributed by atoms with Crippen LogP contribution >= 0.6 is 11.3 Å². The molecule has 0 saturated carbocycles. The molecule has 2 N–H and O–H groups in total. The maximum absolute atomic E-state index is 11.9. The van der Waals surface area contributed by atoms with Crippen molar-refractivity contribution in [3.8, 4) is 0 Å². The maximum atomic E-state index is 11.9. The molecular formula is C20H26N2O4S. The summed E-state index contributed by atoms with van der Waals surface area (Å²) in [6, 6.07) is 8.59. The highest BCUT2D eigenvalue weighted by Crippen LogP contribution is 2.36. The molecule has 0 spiro atoms. The average Bonchev–Trinajstić information content (AvgIpc) is 3.18. The first-order valence-corrected chi connectivity index (χ1v) is 10.4. The van der Waals surface area contributed by atoms with Crippen LogP contribution in [0.5, 0.6) is 0 Å². The van der Waals surface area contributed by atoms with Gasteiger partial charge < -0.3 is 19.8 Å². The van der Waals surface area contributed by atoms with Crippen LogP contribution in [0.2, 0.25) is 0 Å². The lowest BCUT2D eigenvalue weighted by Gasteiger charge is -2.42. The van der Waals surface area contributed by atoms with Crippen molar-refractivity contribution in [2.24, 2.45) is 5.41 Å². The number of aliphatic carboxylic acids is 1. The minimum absolute atomic E-state index is 0.379. The molecule has 7 heteroatoms. The number of hydrogen-bond acceptors (Lipinski definition) is 6. The minimum Gasteiger partial charge on any atom is -0.481 e. The van der Waals surface area contributed by atoms with Crippen molar-refractivity contribution in [1.29, 1.82) is 0 Å².